The van der Waals surface area contributed by atoms with E-state index in [0.717, 1.165) is 25.7 Å². The van der Waals surface area contributed by atoms with Crippen LogP contribution in [-0.2, 0) is 10.8 Å². The van der Waals surface area contributed by atoms with Gasteiger partial charge in [-0.25, -0.2) is 6.57 Å². The number of hydrogen-bond acceptors (Lipinski definition) is 1. The second kappa shape index (κ2) is 8.82. The minimum absolute atomic E-state index is 0.205. The van der Waals surface area contributed by atoms with Gasteiger partial charge in [-0.2, -0.15) is 5.26 Å². The van der Waals surface area contributed by atoms with Crippen LogP contribution < -0.4 is 0 Å². The normalized spacial score (nSPS) is 15.2. The van der Waals surface area contributed by atoms with Crippen LogP contribution in [0.15, 0.2) is 97.1 Å². The fraction of sp³-hybridized carbons (Fsp3) is 0.235. The molecular weight excluding hydrogens is 436 g/mol. The summed E-state index contributed by atoms with van der Waals surface area (Å²) in [6, 6.07) is 37.5. The minimum atomic E-state index is -0.208. The summed E-state index contributed by atoms with van der Waals surface area (Å²) < 4.78 is 0. The quantitative estimate of drug-likeness (QED) is 0.253. The van der Waals surface area contributed by atoms with E-state index in [0.29, 0.717) is 13.0 Å². The summed E-state index contributed by atoms with van der Waals surface area (Å²) >= 11 is 0. The smallest absolute Gasteiger partial charge is 0.215 e. The van der Waals surface area contributed by atoms with Crippen LogP contribution in [0.25, 0.3) is 27.1 Å². The highest BCUT2D eigenvalue weighted by molar-refractivity contribution is 5.82. The van der Waals surface area contributed by atoms with Crippen LogP contribution >= 0.6 is 0 Å². The van der Waals surface area contributed by atoms with E-state index in [-0.39, 0.29) is 10.8 Å². The van der Waals surface area contributed by atoms with Crippen molar-refractivity contribution in [1.29, 1.82) is 5.26 Å². The highest BCUT2D eigenvalue weighted by atomic mass is 14.6. The third-order valence-electron chi connectivity index (χ3n) is 8.64. The molecule has 2 aliphatic rings. The van der Waals surface area contributed by atoms with Crippen LogP contribution in [0.2, 0.25) is 0 Å². The molecule has 4 aromatic carbocycles. The van der Waals surface area contributed by atoms with Gasteiger partial charge in [0.2, 0.25) is 6.54 Å². The molecule has 0 saturated heterocycles. The molecule has 6 rings (SSSR count). The van der Waals surface area contributed by atoms with Gasteiger partial charge in [0.05, 0.1) is 6.07 Å². The summed E-state index contributed by atoms with van der Waals surface area (Å²) in [5, 5.41) is 9.66. The van der Waals surface area contributed by atoms with E-state index in [9.17, 15) is 5.26 Å². The molecule has 0 fully saturated rings. The standard InChI is InChI=1S/C34H28N2/c1-36-24-22-34(31-17-8-4-13-27(31)28-14-5-9-18-32(28)34)21-20-33(19-10-23-35)29-15-6-2-11-25(29)26-12-3-7-16-30(26)33/h2-9,11-18H,10,19-22,24H2. The second-order valence-electron chi connectivity index (χ2n) is 10.1. The van der Waals surface area contributed by atoms with Crippen LogP contribution in [0, 0.1) is 17.9 Å². The Morgan fingerprint density at radius 1 is 0.556 bits per heavy atom. The predicted molar refractivity (Wildman–Crippen MR) is 145 cm³/mol. The number of rotatable bonds is 7. The number of nitrogens with zero attached hydrogens (tertiary/aromatic N) is 2. The van der Waals surface area contributed by atoms with Crippen LogP contribution in [-0.4, -0.2) is 6.54 Å². The van der Waals surface area contributed by atoms with E-state index in [1.165, 1.54) is 44.5 Å². The van der Waals surface area contributed by atoms with Gasteiger partial charge in [0.15, 0.2) is 0 Å². The molecule has 0 radical (unpaired) electrons. The maximum Gasteiger partial charge on any atom is 0.215 e. The monoisotopic (exact) mass is 464 g/mol. The number of nitriles is 1. The van der Waals surface area contributed by atoms with Crippen molar-refractivity contribution < 1.29 is 0 Å². The zero-order chi connectivity index (χ0) is 24.6. The van der Waals surface area contributed by atoms with Crippen LogP contribution in [0.1, 0.15) is 54.4 Å². The van der Waals surface area contributed by atoms with E-state index in [2.05, 4.69) is 108 Å². The molecular formula is C34H28N2. The lowest BCUT2D eigenvalue weighted by Gasteiger charge is -2.37. The van der Waals surface area contributed by atoms with Gasteiger partial charge < -0.3 is 4.85 Å². The summed E-state index contributed by atoms with van der Waals surface area (Å²) in [6.07, 6.45) is 4.00. The first-order chi connectivity index (χ1) is 17.7. The summed E-state index contributed by atoms with van der Waals surface area (Å²) in [4.78, 5) is 3.82. The zero-order valence-corrected chi connectivity index (χ0v) is 20.4. The molecule has 174 valence electrons. The molecule has 4 aromatic rings. The molecule has 36 heavy (non-hydrogen) atoms. The predicted octanol–water partition coefficient (Wildman–Crippen LogP) is 8.31. The molecule has 0 aliphatic heterocycles. The van der Waals surface area contributed by atoms with Crippen molar-refractivity contribution in [2.75, 3.05) is 6.54 Å². The highest BCUT2D eigenvalue weighted by Crippen LogP contribution is 2.58. The van der Waals surface area contributed by atoms with Crippen LogP contribution in [0.5, 0.6) is 0 Å². The molecule has 0 aromatic heterocycles. The Kier molecular flexibility index (Phi) is 5.47. The molecule has 0 heterocycles. The molecule has 0 spiro atoms. The fourth-order valence-electron chi connectivity index (χ4n) is 7.10. The Morgan fingerprint density at radius 2 is 0.917 bits per heavy atom. The van der Waals surface area contributed by atoms with Crippen molar-refractivity contribution >= 4 is 0 Å². The lowest BCUT2D eigenvalue weighted by atomic mass is 9.64. The summed E-state index contributed by atoms with van der Waals surface area (Å²) in [5.74, 6) is 0. The van der Waals surface area contributed by atoms with Gasteiger partial charge in [-0.15, -0.1) is 0 Å². The zero-order valence-electron chi connectivity index (χ0n) is 20.4. The second-order valence-corrected chi connectivity index (χ2v) is 10.1. The Hall–Kier alpha value is -4.14. The molecule has 0 bridgehead atoms. The largest absolute Gasteiger partial charge is 0.317 e. The lowest BCUT2D eigenvalue weighted by molar-refractivity contribution is 0.361. The van der Waals surface area contributed by atoms with Crippen molar-refractivity contribution in [3.05, 3.63) is 131 Å². The highest BCUT2D eigenvalue weighted by Gasteiger charge is 2.48. The fourth-order valence-corrected chi connectivity index (χ4v) is 7.10. The first kappa shape index (κ1) is 22.3. The van der Waals surface area contributed by atoms with Crippen LogP contribution in [0.3, 0.4) is 0 Å². The van der Waals surface area contributed by atoms with Gasteiger partial charge >= 0.3 is 0 Å². The molecule has 0 atom stereocenters. The summed E-state index contributed by atoms with van der Waals surface area (Å²) in [6.45, 7) is 8.13. The average molecular weight is 465 g/mol. The summed E-state index contributed by atoms with van der Waals surface area (Å²) in [7, 11) is 0. The van der Waals surface area contributed by atoms with Crippen LogP contribution in [0.4, 0.5) is 0 Å². The number of benzene rings is 4. The number of fused-ring (bicyclic) bond motifs is 6. The SMILES string of the molecule is [C-]#[N+]CCC1(CCC2(CCC#N)c3ccccc3-c3ccccc32)c2ccccc2-c2ccccc21. The van der Waals surface area contributed by atoms with E-state index >= 15 is 0 Å². The van der Waals surface area contributed by atoms with Crippen molar-refractivity contribution in [2.24, 2.45) is 0 Å². The van der Waals surface area contributed by atoms with E-state index < -0.39 is 0 Å². The van der Waals surface area contributed by atoms with Crippen molar-refractivity contribution in [1.82, 2.24) is 0 Å². The van der Waals surface area contributed by atoms with Gasteiger partial charge in [-0.05, 0) is 63.8 Å². The third kappa shape index (κ3) is 3.15. The van der Waals surface area contributed by atoms with Crippen molar-refractivity contribution in [2.45, 2.75) is 42.9 Å². The molecule has 0 N–H and O–H groups in total. The van der Waals surface area contributed by atoms with Gasteiger partial charge in [0.25, 0.3) is 0 Å². The number of hydrogen-bond donors (Lipinski definition) is 0. The molecule has 2 aliphatic carbocycles. The van der Waals surface area contributed by atoms with Gasteiger partial charge in [-0.3, -0.25) is 0 Å². The van der Waals surface area contributed by atoms with E-state index in [1.54, 1.807) is 0 Å². The van der Waals surface area contributed by atoms with Crippen molar-refractivity contribution in [3.63, 3.8) is 0 Å². The van der Waals surface area contributed by atoms with Crippen molar-refractivity contribution in [3.8, 4) is 28.3 Å². The minimum Gasteiger partial charge on any atom is -0.317 e. The first-order valence-electron chi connectivity index (χ1n) is 12.8. The Balaban J connectivity index is 1.52. The summed E-state index contributed by atoms with van der Waals surface area (Å²) in [5.41, 5.74) is 10.2. The Bertz CT molecular complexity index is 1320. The topological polar surface area (TPSA) is 28.1 Å². The van der Waals surface area contributed by atoms with Gasteiger partial charge in [-0.1, -0.05) is 97.1 Å². The molecule has 2 heteroatoms. The average Bonchev–Trinajstić information content (AvgIpc) is 3.38. The lowest BCUT2D eigenvalue weighted by Crippen LogP contribution is -2.32. The third-order valence-corrected chi connectivity index (χ3v) is 8.64. The maximum atomic E-state index is 9.66. The maximum absolute atomic E-state index is 9.66. The molecule has 0 saturated carbocycles. The first-order valence-corrected chi connectivity index (χ1v) is 12.8. The van der Waals surface area contributed by atoms with E-state index in [1.807, 2.05) is 0 Å². The van der Waals surface area contributed by atoms with Gasteiger partial charge in [0.1, 0.15) is 0 Å². The van der Waals surface area contributed by atoms with Gasteiger partial charge in [0, 0.05) is 23.7 Å². The molecule has 2 nitrogen and oxygen atoms in total. The molecule has 0 unspecified atom stereocenters. The molecule has 0 amide bonds. The van der Waals surface area contributed by atoms with E-state index in [4.69, 9.17) is 6.57 Å². The Labute approximate surface area is 213 Å². The Morgan fingerprint density at radius 3 is 1.28 bits per heavy atom.